The van der Waals surface area contributed by atoms with Crippen molar-refractivity contribution in [1.82, 2.24) is 4.57 Å². The number of fused-ring (bicyclic) bond motifs is 1. The van der Waals surface area contributed by atoms with Gasteiger partial charge in [0.15, 0.2) is 4.80 Å². The lowest BCUT2D eigenvalue weighted by Gasteiger charge is -2.11. The van der Waals surface area contributed by atoms with Crippen LogP contribution in [0.2, 0.25) is 0 Å². The van der Waals surface area contributed by atoms with Gasteiger partial charge in [0.2, 0.25) is 0 Å². The zero-order valence-corrected chi connectivity index (χ0v) is 15.8. The third-order valence-corrected chi connectivity index (χ3v) is 5.15. The lowest BCUT2D eigenvalue weighted by atomic mass is 10.1. The summed E-state index contributed by atoms with van der Waals surface area (Å²) in [4.78, 5) is 29.0. The average Bonchev–Trinajstić information content (AvgIpc) is 3.03. The monoisotopic (exact) mass is 386 g/mol. The first kappa shape index (κ1) is 18.7. The molecule has 0 fully saturated rings. The molecule has 0 spiro atoms. The highest BCUT2D eigenvalue weighted by Crippen LogP contribution is 2.29. The Morgan fingerprint density at radius 3 is 2.30 bits per heavy atom. The summed E-state index contributed by atoms with van der Waals surface area (Å²) in [5, 5.41) is 9.47. The summed E-state index contributed by atoms with van der Waals surface area (Å²) in [7, 11) is 2.91. The van der Waals surface area contributed by atoms with Crippen molar-refractivity contribution in [2.75, 3.05) is 14.2 Å². The Kier molecular flexibility index (Phi) is 5.27. The second kappa shape index (κ2) is 7.63. The fraction of sp³-hybridized carbons (Fsp3) is 0.211. The first-order valence-electron chi connectivity index (χ1n) is 8.10. The number of hydrogen-bond acceptors (Lipinski definition) is 5. The number of methoxy groups -OCH3 is 2. The van der Waals surface area contributed by atoms with E-state index < -0.39 is 17.9 Å². The molecule has 7 nitrogen and oxygen atoms in total. The number of para-hydroxylation sites is 1. The van der Waals surface area contributed by atoms with E-state index in [-0.39, 0.29) is 5.56 Å². The average molecular weight is 386 g/mol. The van der Waals surface area contributed by atoms with Gasteiger partial charge in [0.25, 0.3) is 5.91 Å². The van der Waals surface area contributed by atoms with Crippen LogP contribution in [-0.4, -0.2) is 35.8 Å². The molecule has 2 aromatic carbocycles. The minimum absolute atomic E-state index is 0.189. The van der Waals surface area contributed by atoms with Crippen LogP contribution in [0.5, 0.6) is 11.5 Å². The van der Waals surface area contributed by atoms with Gasteiger partial charge in [-0.25, -0.2) is 4.79 Å². The van der Waals surface area contributed by atoms with Crippen molar-refractivity contribution in [1.29, 1.82) is 0 Å². The third kappa shape index (κ3) is 3.43. The zero-order chi connectivity index (χ0) is 19.6. The highest BCUT2D eigenvalue weighted by Gasteiger charge is 2.21. The third-order valence-electron chi connectivity index (χ3n) is 4.12. The SMILES string of the molecule is COc1cccc(OC)c1C(=O)N=c1sc2ccccc2n1C(C)C(=O)O. The molecule has 0 saturated carbocycles. The Morgan fingerprint density at radius 1 is 1.07 bits per heavy atom. The predicted octanol–water partition coefficient (Wildman–Crippen LogP) is 3.11. The summed E-state index contributed by atoms with van der Waals surface area (Å²) in [5.41, 5.74) is 0.894. The largest absolute Gasteiger partial charge is 0.496 e. The van der Waals surface area contributed by atoms with E-state index in [1.807, 2.05) is 18.2 Å². The van der Waals surface area contributed by atoms with Gasteiger partial charge in [0, 0.05) is 0 Å². The van der Waals surface area contributed by atoms with E-state index in [0.717, 1.165) is 4.70 Å². The van der Waals surface area contributed by atoms with Crippen LogP contribution >= 0.6 is 11.3 Å². The Morgan fingerprint density at radius 2 is 1.70 bits per heavy atom. The zero-order valence-electron chi connectivity index (χ0n) is 15.0. The van der Waals surface area contributed by atoms with Gasteiger partial charge < -0.3 is 19.1 Å². The summed E-state index contributed by atoms with van der Waals surface area (Å²) < 4.78 is 12.9. The normalized spacial score (nSPS) is 12.8. The van der Waals surface area contributed by atoms with Crippen molar-refractivity contribution in [2.24, 2.45) is 4.99 Å². The van der Waals surface area contributed by atoms with Crippen LogP contribution in [-0.2, 0) is 4.79 Å². The summed E-state index contributed by atoms with van der Waals surface area (Å²) >= 11 is 1.25. The molecule has 1 atom stereocenters. The lowest BCUT2D eigenvalue weighted by molar-refractivity contribution is -0.140. The molecule has 140 valence electrons. The number of aromatic nitrogens is 1. The molecule has 1 N–H and O–H groups in total. The Labute approximate surface area is 159 Å². The van der Waals surface area contributed by atoms with E-state index in [0.29, 0.717) is 21.8 Å². The summed E-state index contributed by atoms with van der Waals surface area (Å²) in [6.07, 6.45) is 0. The number of hydrogen-bond donors (Lipinski definition) is 1. The molecule has 0 aliphatic heterocycles. The van der Waals surface area contributed by atoms with Crippen LogP contribution in [0.1, 0.15) is 23.3 Å². The lowest BCUT2D eigenvalue weighted by Crippen LogP contribution is -2.25. The number of nitrogens with zero attached hydrogens (tertiary/aromatic N) is 2. The van der Waals surface area contributed by atoms with E-state index in [1.54, 1.807) is 35.8 Å². The second-order valence-corrected chi connectivity index (χ2v) is 6.70. The van der Waals surface area contributed by atoms with Crippen LogP contribution in [0.15, 0.2) is 47.5 Å². The molecule has 1 heterocycles. The highest BCUT2D eigenvalue weighted by atomic mass is 32.1. The number of carboxylic acids is 1. The molecule has 0 aliphatic carbocycles. The van der Waals surface area contributed by atoms with Crippen molar-refractivity contribution >= 4 is 33.4 Å². The van der Waals surface area contributed by atoms with E-state index in [1.165, 1.54) is 25.6 Å². The van der Waals surface area contributed by atoms with Gasteiger partial charge in [-0.15, -0.1) is 0 Å². The van der Waals surface area contributed by atoms with E-state index in [4.69, 9.17) is 9.47 Å². The Bertz CT molecular complexity index is 1060. The molecule has 0 aliphatic rings. The van der Waals surface area contributed by atoms with Crippen molar-refractivity contribution in [2.45, 2.75) is 13.0 Å². The first-order chi connectivity index (χ1) is 13.0. The summed E-state index contributed by atoms with van der Waals surface area (Å²) in [5.74, 6) is -0.909. The predicted molar refractivity (Wildman–Crippen MR) is 102 cm³/mol. The van der Waals surface area contributed by atoms with Crippen LogP contribution in [0.4, 0.5) is 0 Å². The Hall–Kier alpha value is -3.13. The molecule has 0 saturated heterocycles. The number of thiazole rings is 1. The molecule has 1 aromatic heterocycles. The van der Waals surface area contributed by atoms with Gasteiger partial charge in [0.05, 0.1) is 24.4 Å². The molecule has 3 rings (SSSR count). The fourth-order valence-corrected chi connectivity index (χ4v) is 3.86. The smallest absolute Gasteiger partial charge is 0.326 e. The molecule has 1 unspecified atom stereocenters. The van der Waals surface area contributed by atoms with Gasteiger partial charge in [-0.3, -0.25) is 4.79 Å². The maximum Gasteiger partial charge on any atom is 0.326 e. The molecule has 27 heavy (non-hydrogen) atoms. The maximum absolute atomic E-state index is 12.9. The van der Waals surface area contributed by atoms with Crippen molar-refractivity contribution in [3.8, 4) is 11.5 Å². The first-order valence-corrected chi connectivity index (χ1v) is 8.92. The number of carbonyl (C=O) groups is 2. The minimum atomic E-state index is -1.01. The van der Waals surface area contributed by atoms with Gasteiger partial charge in [0.1, 0.15) is 23.1 Å². The number of rotatable bonds is 5. The summed E-state index contributed by atoms with van der Waals surface area (Å²) in [6, 6.07) is 11.4. The maximum atomic E-state index is 12.9. The van der Waals surface area contributed by atoms with Gasteiger partial charge in [-0.2, -0.15) is 4.99 Å². The van der Waals surface area contributed by atoms with Crippen LogP contribution in [0, 0.1) is 0 Å². The quantitative estimate of drug-likeness (QED) is 0.728. The fourth-order valence-electron chi connectivity index (χ4n) is 2.76. The molecule has 3 aromatic rings. The van der Waals surface area contributed by atoms with Gasteiger partial charge >= 0.3 is 5.97 Å². The Balaban J connectivity index is 2.24. The number of carboxylic acid groups (broad SMARTS) is 1. The minimum Gasteiger partial charge on any atom is -0.496 e. The number of carbonyl (C=O) groups excluding carboxylic acids is 1. The van der Waals surface area contributed by atoms with E-state index in [9.17, 15) is 14.7 Å². The number of ether oxygens (including phenoxy) is 2. The molecular weight excluding hydrogens is 368 g/mol. The van der Waals surface area contributed by atoms with Crippen LogP contribution < -0.4 is 14.3 Å². The van der Waals surface area contributed by atoms with E-state index in [2.05, 4.69) is 4.99 Å². The highest BCUT2D eigenvalue weighted by molar-refractivity contribution is 7.16. The molecule has 1 amide bonds. The van der Waals surface area contributed by atoms with Crippen molar-refractivity contribution in [3.05, 3.63) is 52.8 Å². The second-order valence-electron chi connectivity index (χ2n) is 5.69. The van der Waals surface area contributed by atoms with Crippen molar-refractivity contribution in [3.63, 3.8) is 0 Å². The van der Waals surface area contributed by atoms with Crippen LogP contribution in [0.3, 0.4) is 0 Å². The number of aliphatic carboxylic acids is 1. The summed E-state index contributed by atoms with van der Waals surface area (Å²) in [6.45, 7) is 1.55. The number of benzene rings is 2. The molecule has 0 radical (unpaired) electrons. The van der Waals surface area contributed by atoms with Crippen molar-refractivity contribution < 1.29 is 24.2 Å². The van der Waals surface area contributed by atoms with Crippen LogP contribution in [0.25, 0.3) is 10.2 Å². The topological polar surface area (TPSA) is 90.1 Å². The number of amides is 1. The molecular formula is C19H18N2O5S. The van der Waals surface area contributed by atoms with Gasteiger partial charge in [-0.05, 0) is 31.2 Å². The van der Waals surface area contributed by atoms with E-state index >= 15 is 0 Å². The van der Waals surface area contributed by atoms with Gasteiger partial charge in [-0.1, -0.05) is 29.5 Å². The standard InChI is InChI=1S/C19H18N2O5S/c1-11(18(23)24)21-12-7-4-5-10-15(12)27-19(21)20-17(22)16-13(25-2)8-6-9-14(16)26-3/h4-11H,1-3H3,(H,23,24). The molecule has 8 heteroatoms. The molecule has 0 bridgehead atoms.